The van der Waals surface area contributed by atoms with Gasteiger partial charge in [-0.25, -0.2) is 4.79 Å². The number of ketones is 1. The van der Waals surface area contributed by atoms with E-state index in [1.54, 1.807) is 45.9 Å². The van der Waals surface area contributed by atoms with Crippen molar-refractivity contribution < 1.29 is 28.7 Å². The molecule has 1 heterocycles. The van der Waals surface area contributed by atoms with Gasteiger partial charge in [0, 0.05) is 26.2 Å². The van der Waals surface area contributed by atoms with Gasteiger partial charge in [-0.15, -0.1) is 0 Å². The molecule has 2 aliphatic rings. The summed E-state index contributed by atoms with van der Waals surface area (Å²) in [6, 6.07) is 4.82. The van der Waals surface area contributed by atoms with Crippen LogP contribution in [0.15, 0.2) is 18.2 Å². The maximum Gasteiger partial charge on any atom is 0.412 e. The van der Waals surface area contributed by atoms with Gasteiger partial charge in [0.1, 0.15) is 5.60 Å². The molecule has 1 saturated heterocycles. The molecule has 3 rings (SSSR count). The number of ether oxygens (including phenoxy) is 2. The minimum atomic E-state index is -0.841. The SMILES string of the molecule is CCOC(=O)C1(c2ccc(NC(=O)OC(C)(C)C)c(C(=O)C(=O)N3CCN(C)CC3)c2)CCC1. The van der Waals surface area contributed by atoms with Crippen LogP contribution in [0, 0.1) is 0 Å². The molecule has 1 aromatic rings. The zero-order valence-corrected chi connectivity index (χ0v) is 20.7. The third-order valence-electron chi connectivity index (χ3n) is 6.31. The van der Waals surface area contributed by atoms with Crippen LogP contribution in [0.5, 0.6) is 0 Å². The van der Waals surface area contributed by atoms with Gasteiger partial charge in [0.05, 0.1) is 23.3 Å². The Labute approximate surface area is 200 Å². The Balaban J connectivity index is 1.96. The Bertz CT molecular complexity index is 956. The lowest BCUT2D eigenvalue weighted by molar-refractivity contribution is -0.153. The summed E-state index contributed by atoms with van der Waals surface area (Å²) in [7, 11) is 1.96. The van der Waals surface area contributed by atoms with Gasteiger partial charge in [0.2, 0.25) is 0 Å². The third kappa shape index (κ3) is 5.58. The first-order chi connectivity index (χ1) is 16.0. The van der Waals surface area contributed by atoms with Crippen molar-refractivity contribution in [2.24, 2.45) is 0 Å². The first-order valence-corrected chi connectivity index (χ1v) is 11.8. The predicted octanol–water partition coefficient (Wildman–Crippen LogP) is 2.98. The second-order valence-corrected chi connectivity index (χ2v) is 9.97. The number of nitrogens with one attached hydrogen (secondary N) is 1. The first-order valence-electron chi connectivity index (χ1n) is 11.8. The highest BCUT2D eigenvalue weighted by atomic mass is 16.6. The topological polar surface area (TPSA) is 105 Å². The number of anilines is 1. The quantitative estimate of drug-likeness (QED) is 0.385. The van der Waals surface area contributed by atoms with Crippen molar-refractivity contribution in [1.82, 2.24) is 9.80 Å². The molecular weight excluding hydrogens is 438 g/mol. The lowest BCUT2D eigenvalue weighted by Gasteiger charge is -2.40. The van der Waals surface area contributed by atoms with Crippen molar-refractivity contribution in [2.75, 3.05) is 45.2 Å². The van der Waals surface area contributed by atoms with Gasteiger partial charge in [-0.2, -0.15) is 0 Å². The molecule has 34 heavy (non-hydrogen) atoms. The highest BCUT2D eigenvalue weighted by molar-refractivity contribution is 6.44. The van der Waals surface area contributed by atoms with Gasteiger partial charge >= 0.3 is 12.1 Å². The summed E-state index contributed by atoms with van der Waals surface area (Å²) in [5, 5.41) is 2.60. The summed E-state index contributed by atoms with van der Waals surface area (Å²) in [6.07, 6.45) is 1.33. The van der Waals surface area contributed by atoms with Crippen LogP contribution >= 0.6 is 0 Å². The fraction of sp³-hybridized carbons (Fsp3) is 0.600. The molecule has 0 bridgehead atoms. The van der Waals surface area contributed by atoms with Gasteiger partial charge < -0.3 is 19.3 Å². The number of Topliss-reactive ketones (excluding diaryl/α,β-unsaturated/α-hetero) is 1. The fourth-order valence-electron chi connectivity index (χ4n) is 4.23. The largest absolute Gasteiger partial charge is 0.465 e. The van der Waals surface area contributed by atoms with E-state index >= 15 is 0 Å². The Kier molecular flexibility index (Phi) is 7.65. The molecule has 1 aliphatic carbocycles. The molecule has 1 aliphatic heterocycles. The summed E-state index contributed by atoms with van der Waals surface area (Å²) >= 11 is 0. The number of carbonyl (C=O) groups is 4. The van der Waals surface area contributed by atoms with Gasteiger partial charge in [0.15, 0.2) is 0 Å². The molecule has 186 valence electrons. The van der Waals surface area contributed by atoms with Crippen molar-refractivity contribution >= 4 is 29.4 Å². The minimum Gasteiger partial charge on any atom is -0.465 e. The molecule has 1 aromatic carbocycles. The summed E-state index contributed by atoms with van der Waals surface area (Å²) in [5.74, 6) is -1.69. The molecule has 0 atom stereocenters. The van der Waals surface area contributed by atoms with Gasteiger partial charge in [0.25, 0.3) is 11.7 Å². The van der Waals surface area contributed by atoms with E-state index in [-0.39, 0.29) is 23.8 Å². The molecule has 2 amide bonds. The van der Waals surface area contributed by atoms with Crippen LogP contribution in [0.3, 0.4) is 0 Å². The Morgan fingerprint density at radius 2 is 1.71 bits per heavy atom. The van der Waals surface area contributed by atoms with Crippen LogP contribution in [0.4, 0.5) is 10.5 Å². The van der Waals surface area contributed by atoms with Crippen LogP contribution in [0.25, 0.3) is 0 Å². The van der Waals surface area contributed by atoms with Crippen molar-refractivity contribution in [1.29, 1.82) is 0 Å². The molecular formula is C25H35N3O6. The molecule has 0 spiro atoms. The maximum absolute atomic E-state index is 13.4. The zero-order valence-electron chi connectivity index (χ0n) is 20.7. The summed E-state index contributed by atoms with van der Waals surface area (Å²) in [4.78, 5) is 55.3. The van der Waals surface area contributed by atoms with E-state index in [0.29, 0.717) is 44.6 Å². The van der Waals surface area contributed by atoms with E-state index in [4.69, 9.17) is 9.47 Å². The average Bonchev–Trinajstić information content (AvgIpc) is 2.72. The second kappa shape index (κ2) is 10.1. The number of rotatable bonds is 6. The standard InChI is InChI=1S/C25H35N3O6/c1-6-33-22(31)25(10-7-11-25)17-8-9-19(26-23(32)34-24(2,3)4)18(16-17)20(29)21(30)28-14-12-27(5)13-15-28/h8-9,16H,6-7,10-15H2,1-5H3,(H,26,32). The lowest BCUT2D eigenvalue weighted by Crippen LogP contribution is -2.49. The average molecular weight is 474 g/mol. The van der Waals surface area contributed by atoms with E-state index in [2.05, 4.69) is 10.2 Å². The molecule has 1 N–H and O–H groups in total. The van der Waals surface area contributed by atoms with Crippen LogP contribution < -0.4 is 5.32 Å². The monoisotopic (exact) mass is 473 g/mol. The van der Waals surface area contributed by atoms with Gasteiger partial charge in [-0.3, -0.25) is 19.7 Å². The molecule has 0 aromatic heterocycles. The fourth-order valence-corrected chi connectivity index (χ4v) is 4.23. The normalized spacial score (nSPS) is 18.0. The van der Waals surface area contributed by atoms with E-state index in [0.717, 1.165) is 6.42 Å². The van der Waals surface area contributed by atoms with Crippen molar-refractivity contribution in [3.63, 3.8) is 0 Å². The Hall–Kier alpha value is -2.94. The van der Waals surface area contributed by atoms with Crippen LogP contribution in [-0.4, -0.2) is 79.0 Å². The second-order valence-electron chi connectivity index (χ2n) is 9.97. The predicted molar refractivity (Wildman–Crippen MR) is 127 cm³/mol. The van der Waals surface area contributed by atoms with Crippen LogP contribution in [-0.2, 0) is 24.5 Å². The number of amides is 2. The van der Waals surface area contributed by atoms with Crippen molar-refractivity contribution in [2.45, 2.75) is 58.0 Å². The van der Waals surface area contributed by atoms with E-state index < -0.39 is 28.8 Å². The molecule has 1 saturated carbocycles. The van der Waals surface area contributed by atoms with Crippen molar-refractivity contribution in [3.05, 3.63) is 29.3 Å². The highest BCUT2D eigenvalue weighted by Crippen LogP contribution is 2.45. The van der Waals surface area contributed by atoms with E-state index in [1.165, 1.54) is 4.90 Å². The smallest absolute Gasteiger partial charge is 0.412 e. The lowest BCUT2D eigenvalue weighted by atomic mass is 9.64. The number of piperazine rings is 1. The van der Waals surface area contributed by atoms with E-state index in [9.17, 15) is 19.2 Å². The summed E-state index contributed by atoms with van der Waals surface area (Å²) in [5.41, 5.74) is -0.746. The number of likely N-dealkylation sites (N-methyl/N-ethyl adjacent to an activating group) is 1. The van der Waals surface area contributed by atoms with Gasteiger partial charge in [-0.05, 0) is 65.3 Å². The molecule has 9 nitrogen and oxygen atoms in total. The maximum atomic E-state index is 13.4. The van der Waals surface area contributed by atoms with Crippen molar-refractivity contribution in [3.8, 4) is 0 Å². The first kappa shape index (κ1) is 25.7. The summed E-state index contributed by atoms with van der Waals surface area (Å²) in [6.45, 7) is 9.45. The minimum absolute atomic E-state index is 0.0443. The number of carbonyl (C=O) groups excluding carboxylic acids is 4. The highest BCUT2D eigenvalue weighted by Gasteiger charge is 2.47. The Morgan fingerprint density at radius 1 is 1.06 bits per heavy atom. The van der Waals surface area contributed by atoms with Crippen LogP contribution in [0.2, 0.25) is 0 Å². The van der Waals surface area contributed by atoms with Crippen LogP contribution in [0.1, 0.15) is 62.9 Å². The molecule has 0 unspecified atom stereocenters. The number of benzene rings is 1. The van der Waals surface area contributed by atoms with Gasteiger partial charge in [-0.1, -0.05) is 12.5 Å². The number of hydrogen-bond donors (Lipinski definition) is 1. The molecule has 9 heteroatoms. The number of hydrogen-bond acceptors (Lipinski definition) is 7. The third-order valence-corrected chi connectivity index (χ3v) is 6.31. The number of nitrogens with zero attached hydrogens (tertiary/aromatic N) is 2. The molecule has 0 radical (unpaired) electrons. The zero-order chi connectivity index (χ0) is 25.1. The Morgan fingerprint density at radius 3 is 2.24 bits per heavy atom. The number of esters is 1. The summed E-state index contributed by atoms with van der Waals surface area (Å²) < 4.78 is 10.6. The molecule has 2 fully saturated rings. The van der Waals surface area contributed by atoms with E-state index in [1.807, 2.05) is 7.05 Å².